The van der Waals surface area contributed by atoms with Crippen molar-refractivity contribution in [3.8, 4) is 11.6 Å². The molecule has 0 amide bonds. The summed E-state index contributed by atoms with van der Waals surface area (Å²) in [6, 6.07) is 11.2. The Morgan fingerprint density at radius 2 is 1.67 bits per heavy atom. The van der Waals surface area contributed by atoms with Crippen LogP contribution in [0.5, 0.6) is 11.6 Å². The molecule has 2 rings (SSSR count). The number of nitrogens with zero attached hydrogens (tertiary/aromatic N) is 2. The van der Waals surface area contributed by atoms with Gasteiger partial charge in [0.2, 0.25) is 5.88 Å². The van der Waals surface area contributed by atoms with Crippen molar-refractivity contribution in [2.45, 2.75) is 26.2 Å². The van der Waals surface area contributed by atoms with E-state index < -0.39 is 0 Å². The maximum Gasteiger partial charge on any atom is 0.218 e. The number of hydrogen-bond acceptors (Lipinski definition) is 4. The fourth-order valence-electron chi connectivity index (χ4n) is 1.63. The highest BCUT2D eigenvalue weighted by Gasteiger charge is 2.19. The van der Waals surface area contributed by atoms with Crippen LogP contribution in [-0.4, -0.2) is 23.2 Å². The van der Waals surface area contributed by atoms with Gasteiger partial charge in [0.1, 0.15) is 29.9 Å². The van der Waals surface area contributed by atoms with Crippen LogP contribution in [0.25, 0.3) is 0 Å². The molecule has 0 atom stereocenters. The van der Waals surface area contributed by atoms with Crippen molar-refractivity contribution >= 4 is 11.6 Å². The summed E-state index contributed by atoms with van der Waals surface area (Å²) in [6.07, 6.45) is 0. The van der Waals surface area contributed by atoms with Gasteiger partial charge in [-0.2, -0.15) is 4.98 Å². The summed E-state index contributed by atoms with van der Waals surface area (Å²) >= 11 is 6.00. The zero-order valence-corrected chi connectivity index (χ0v) is 13.2. The van der Waals surface area contributed by atoms with E-state index in [2.05, 4.69) is 9.97 Å². The largest absolute Gasteiger partial charge is 0.490 e. The number of aromatic nitrogens is 2. The molecular formula is C16H19ClN2O2. The first-order valence-corrected chi connectivity index (χ1v) is 7.19. The number of benzene rings is 1. The number of ether oxygens (including phenoxy) is 2. The smallest absolute Gasteiger partial charge is 0.218 e. The van der Waals surface area contributed by atoms with Crippen LogP contribution >= 0.6 is 11.6 Å². The van der Waals surface area contributed by atoms with Gasteiger partial charge in [-0.05, 0) is 12.1 Å². The summed E-state index contributed by atoms with van der Waals surface area (Å²) < 4.78 is 11.1. The van der Waals surface area contributed by atoms with E-state index in [9.17, 15) is 0 Å². The molecular weight excluding hydrogens is 288 g/mol. The van der Waals surface area contributed by atoms with Crippen LogP contribution in [0.1, 0.15) is 26.6 Å². The van der Waals surface area contributed by atoms with Gasteiger partial charge < -0.3 is 9.47 Å². The molecule has 4 nitrogen and oxygen atoms in total. The summed E-state index contributed by atoms with van der Waals surface area (Å²) in [6.45, 7) is 6.92. The molecule has 112 valence electrons. The second-order valence-electron chi connectivity index (χ2n) is 5.61. The lowest BCUT2D eigenvalue weighted by atomic mass is 9.96. The molecule has 1 heterocycles. The quantitative estimate of drug-likeness (QED) is 0.621. The first-order valence-electron chi connectivity index (χ1n) is 6.81. The average molecular weight is 307 g/mol. The topological polar surface area (TPSA) is 44.2 Å². The summed E-state index contributed by atoms with van der Waals surface area (Å²) in [7, 11) is 0. The van der Waals surface area contributed by atoms with Crippen LogP contribution in [0.15, 0.2) is 36.4 Å². The maximum absolute atomic E-state index is 6.00. The Labute approximate surface area is 130 Å². The monoisotopic (exact) mass is 306 g/mol. The zero-order chi connectivity index (χ0) is 15.3. The molecule has 0 saturated carbocycles. The van der Waals surface area contributed by atoms with Crippen molar-refractivity contribution in [2.24, 2.45) is 0 Å². The van der Waals surface area contributed by atoms with E-state index >= 15 is 0 Å². The van der Waals surface area contributed by atoms with E-state index in [0.29, 0.717) is 30.1 Å². The second kappa shape index (κ2) is 6.76. The van der Waals surface area contributed by atoms with Gasteiger partial charge in [-0.1, -0.05) is 50.6 Å². The molecule has 0 saturated heterocycles. The van der Waals surface area contributed by atoms with Gasteiger partial charge in [0.15, 0.2) is 0 Å². The van der Waals surface area contributed by atoms with Crippen molar-refractivity contribution in [3.63, 3.8) is 0 Å². The second-order valence-corrected chi connectivity index (χ2v) is 6.00. The maximum atomic E-state index is 6.00. The number of para-hydroxylation sites is 1. The van der Waals surface area contributed by atoms with E-state index in [-0.39, 0.29) is 5.41 Å². The van der Waals surface area contributed by atoms with Crippen molar-refractivity contribution in [1.82, 2.24) is 9.97 Å². The summed E-state index contributed by atoms with van der Waals surface area (Å²) in [5.74, 6) is 1.95. The van der Waals surface area contributed by atoms with E-state index in [0.717, 1.165) is 5.75 Å². The molecule has 2 aromatic rings. The molecule has 0 radical (unpaired) electrons. The summed E-state index contributed by atoms with van der Waals surface area (Å²) in [5.41, 5.74) is -0.177. The Balaban J connectivity index is 1.90. The summed E-state index contributed by atoms with van der Waals surface area (Å²) in [5, 5.41) is 0.383. The Hall–Kier alpha value is -1.81. The number of halogens is 1. The Bertz CT molecular complexity index is 583. The molecule has 0 aliphatic heterocycles. The number of rotatable bonds is 5. The first-order chi connectivity index (χ1) is 9.95. The Morgan fingerprint density at radius 1 is 1.00 bits per heavy atom. The highest BCUT2D eigenvalue weighted by atomic mass is 35.5. The van der Waals surface area contributed by atoms with Crippen molar-refractivity contribution in [1.29, 1.82) is 0 Å². The molecule has 0 fully saturated rings. The van der Waals surface area contributed by atoms with Crippen molar-refractivity contribution < 1.29 is 9.47 Å². The minimum atomic E-state index is -0.177. The third-order valence-corrected chi connectivity index (χ3v) is 2.88. The fraction of sp³-hybridized carbons (Fsp3) is 0.375. The highest BCUT2D eigenvalue weighted by Crippen LogP contribution is 2.23. The Morgan fingerprint density at radius 3 is 2.33 bits per heavy atom. The van der Waals surface area contributed by atoms with E-state index in [4.69, 9.17) is 21.1 Å². The molecule has 0 aliphatic rings. The van der Waals surface area contributed by atoms with Crippen molar-refractivity contribution in [3.05, 3.63) is 47.4 Å². The van der Waals surface area contributed by atoms with Gasteiger partial charge >= 0.3 is 0 Å². The van der Waals surface area contributed by atoms with Crippen LogP contribution in [-0.2, 0) is 5.41 Å². The minimum Gasteiger partial charge on any atom is -0.490 e. The molecule has 1 aromatic heterocycles. The molecule has 0 N–H and O–H groups in total. The van der Waals surface area contributed by atoms with Gasteiger partial charge in [-0.15, -0.1) is 0 Å². The lowest BCUT2D eigenvalue weighted by molar-refractivity contribution is 0.211. The van der Waals surface area contributed by atoms with Crippen molar-refractivity contribution in [2.75, 3.05) is 13.2 Å². The van der Waals surface area contributed by atoms with Crippen LogP contribution in [0.2, 0.25) is 5.15 Å². The first kappa shape index (κ1) is 15.6. The molecule has 0 spiro atoms. The molecule has 0 unspecified atom stereocenters. The fourth-order valence-corrected chi connectivity index (χ4v) is 1.80. The highest BCUT2D eigenvalue weighted by molar-refractivity contribution is 6.29. The van der Waals surface area contributed by atoms with E-state index in [1.54, 1.807) is 6.07 Å². The van der Waals surface area contributed by atoms with Crippen LogP contribution in [0.4, 0.5) is 0 Å². The lowest BCUT2D eigenvalue weighted by Gasteiger charge is -2.17. The van der Waals surface area contributed by atoms with Gasteiger partial charge in [-0.3, -0.25) is 0 Å². The standard InChI is InChI=1S/C16H19ClN2O2/c1-16(2,3)15-18-13(17)11-14(19-15)21-10-9-20-12-7-5-4-6-8-12/h4-8,11H,9-10H2,1-3H3. The number of hydrogen-bond donors (Lipinski definition) is 0. The predicted octanol–water partition coefficient (Wildman–Crippen LogP) is 3.89. The molecule has 5 heteroatoms. The molecule has 0 aliphatic carbocycles. The average Bonchev–Trinajstić information content (AvgIpc) is 2.43. The minimum absolute atomic E-state index is 0.177. The van der Waals surface area contributed by atoms with E-state index in [1.807, 2.05) is 51.1 Å². The molecule has 0 bridgehead atoms. The summed E-state index contributed by atoms with van der Waals surface area (Å²) in [4.78, 5) is 8.60. The van der Waals surface area contributed by atoms with Gasteiger partial charge in [0, 0.05) is 11.5 Å². The third kappa shape index (κ3) is 4.90. The molecule has 21 heavy (non-hydrogen) atoms. The van der Waals surface area contributed by atoms with Gasteiger partial charge in [0.05, 0.1) is 0 Å². The van der Waals surface area contributed by atoms with Gasteiger partial charge in [0.25, 0.3) is 0 Å². The van der Waals surface area contributed by atoms with Crippen LogP contribution < -0.4 is 9.47 Å². The lowest BCUT2D eigenvalue weighted by Crippen LogP contribution is -2.17. The molecule has 1 aromatic carbocycles. The van der Waals surface area contributed by atoms with Crippen LogP contribution in [0, 0.1) is 0 Å². The Kier molecular flexibility index (Phi) is 5.02. The van der Waals surface area contributed by atoms with Crippen LogP contribution in [0.3, 0.4) is 0 Å². The van der Waals surface area contributed by atoms with Gasteiger partial charge in [-0.25, -0.2) is 4.98 Å². The zero-order valence-electron chi connectivity index (χ0n) is 12.5. The predicted molar refractivity (Wildman–Crippen MR) is 83.2 cm³/mol. The normalized spacial score (nSPS) is 11.2. The third-order valence-electron chi connectivity index (χ3n) is 2.69. The van der Waals surface area contributed by atoms with E-state index in [1.165, 1.54) is 0 Å². The SMILES string of the molecule is CC(C)(C)c1nc(Cl)cc(OCCOc2ccccc2)n1.